The number of hydrogen-bond donors (Lipinski definition) is 2. The summed E-state index contributed by atoms with van der Waals surface area (Å²) >= 11 is 5.86. The largest absolute Gasteiger partial charge is 0.388 e. The van der Waals surface area contributed by atoms with Gasteiger partial charge in [0.2, 0.25) is 5.91 Å². The molecular weight excluding hydrogens is 302 g/mol. The monoisotopic (exact) mass is 325 g/mol. The minimum atomic E-state index is -0.812. The Bertz CT molecular complexity index is 483. The van der Waals surface area contributed by atoms with Gasteiger partial charge in [0.15, 0.2) is 0 Å². The van der Waals surface area contributed by atoms with Crippen molar-refractivity contribution in [3.05, 3.63) is 34.9 Å². The minimum Gasteiger partial charge on any atom is -0.388 e. The third-order valence-electron chi connectivity index (χ3n) is 4.07. The summed E-state index contributed by atoms with van der Waals surface area (Å²) in [4.78, 5) is 12.0. The van der Waals surface area contributed by atoms with Crippen LogP contribution in [0.25, 0.3) is 0 Å². The van der Waals surface area contributed by atoms with Crippen LogP contribution in [-0.4, -0.2) is 36.4 Å². The topological polar surface area (TPSA) is 58.6 Å². The van der Waals surface area contributed by atoms with Crippen molar-refractivity contribution in [2.45, 2.75) is 38.2 Å². The van der Waals surface area contributed by atoms with Crippen LogP contribution in [0.5, 0.6) is 0 Å². The first kappa shape index (κ1) is 17.3. The molecule has 1 atom stereocenters. The van der Waals surface area contributed by atoms with Gasteiger partial charge in [-0.05, 0) is 30.0 Å². The predicted molar refractivity (Wildman–Crippen MR) is 86.9 cm³/mol. The van der Waals surface area contributed by atoms with Crippen LogP contribution in [0.1, 0.15) is 31.7 Å². The Hall–Kier alpha value is -1.10. The first-order chi connectivity index (χ1) is 10.5. The van der Waals surface area contributed by atoms with E-state index in [4.69, 9.17) is 16.3 Å². The van der Waals surface area contributed by atoms with Crippen molar-refractivity contribution in [1.29, 1.82) is 0 Å². The summed E-state index contributed by atoms with van der Waals surface area (Å²) in [6.45, 7) is 3.47. The van der Waals surface area contributed by atoms with E-state index in [1.165, 1.54) is 5.56 Å². The van der Waals surface area contributed by atoms with E-state index in [-0.39, 0.29) is 11.8 Å². The van der Waals surface area contributed by atoms with Crippen molar-refractivity contribution in [2.24, 2.45) is 5.92 Å². The summed E-state index contributed by atoms with van der Waals surface area (Å²) < 4.78 is 5.23. The Kier molecular flexibility index (Phi) is 6.24. The van der Waals surface area contributed by atoms with Gasteiger partial charge in [0.25, 0.3) is 0 Å². The lowest BCUT2D eigenvalue weighted by atomic mass is 9.94. The molecule has 1 saturated heterocycles. The zero-order valence-electron chi connectivity index (χ0n) is 13.0. The van der Waals surface area contributed by atoms with E-state index in [0.717, 1.165) is 11.4 Å². The summed E-state index contributed by atoms with van der Waals surface area (Å²) in [6, 6.07) is 7.71. The zero-order chi connectivity index (χ0) is 16.0. The van der Waals surface area contributed by atoms with Crippen LogP contribution in [0.2, 0.25) is 5.02 Å². The molecule has 2 rings (SSSR count). The molecule has 0 spiro atoms. The molecule has 1 aliphatic rings. The van der Waals surface area contributed by atoms with Gasteiger partial charge in [-0.3, -0.25) is 4.79 Å². The van der Waals surface area contributed by atoms with E-state index in [9.17, 15) is 9.90 Å². The van der Waals surface area contributed by atoms with Crippen molar-refractivity contribution in [3.8, 4) is 0 Å². The number of carbonyl (C=O) groups excluding carboxylic acids is 1. The molecule has 122 valence electrons. The second-order valence-corrected chi connectivity index (χ2v) is 6.69. The molecular formula is C17H24ClNO3. The third-order valence-corrected chi connectivity index (χ3v) is 4.32. The van der Waals surface area contributed by atoms with Crippen LogP contribution in [0, 0.1) is 5.92 Å². The van der Waals surface area contributed by atoms with Gasteiger partial charge in [-0.15, -0.1) is 0 Å². The maximum atomic E-state index is 12.0. The highest BCUT2D eigenvalue weighted by Crippen LogP contribution is 2.20. The fourth-order valence-electron chi connectivity index (χ4n) is 2.67. The van der Waals surface area contributed by atoms with Crippen LogP contribution in [0.3, 0.4) is 0 Å². The number of halogens is 1. The molecule has 5 heteroatoms. The normalized spacial score (nSPS) is 18.7. The average molecular weight is 326 g/mol. The van der Waals surface area contributed by atoms with Crippen LogP contribution in [0.15, 0.2) is 24.3 Å². The molecule has 0 aromatic heterocycles. The molecule has 1 aliphatic heterocycles. The van der Waals surface area contributed by atoms with E-state index < -0.39 is 5.60 Å². The van der Waals surface area contributed by atoms with Gasteiger partial charge in [0.05, 0.1) is 5.60 Å². The molecule has 1 heterocycles. The lowest BCUT2D eigenvalue weighted by Crippen LogP contribution is -2.46. The molecule has 0 saturated carbocycles. The van der Waals surface area contributed by atoms with Crippen LogP contribution < -0.4 is 5.32 Å². The summed E-state index contributed by atoms with van der Waals surface area (Å²) in [5.74, 6) is 0.229. The molecule has 0 aliphatic carbocycles. The standard InChI is InChI=1S/C17H24ClNO3/c1-13(10-14-2-4-15(18)5-3-14)11-16(20)19-12-17(21)6-8-22-9-7-17/h2-5,13,21H,6-12H2,1H3,(H,19,20). The number of aliphatic hydroxyl groups is 1. The second-order valence-electron chi connectivity index (χ2n) is 6.25. The van der Waals surface area contributed by atoms with Gasteiger partial charge in [-0.1, -0.05) is 30.7 Å². The maximum Gasteiger partial charge on any atom is 0.220 e. The maximum absolute atomic E-state index is 12.0. The highest BCUT2D eigenvalue weighted by molar-refractivity contribution is 6.30. The Morgan fingerprint density at radius 2 is 2.00 bits per heavy atom. The fourth-order valence-corrected chi connectivity index (χ4v) is 2.80. The highest BCUT2D eigenvalue weighted by Gasteiger charge is 2.30. The summed E-state index contributed by atoms with van der Waals surface area (Å²) in [5, 5.41) is 13.9. The van der Waals surface area contributed by atoms with Crippen molar-refractivity contribution < 1.29 is 14.6 Å². The predicted octanol–water partition coefficient (Wildman–Crippen LogP) is 2.57. The zero-order valence-corrected chi connectivity index (χ0v) is 13.7. The van der Waals surface area contributed by atoms with E-state index in [2.05, 4.69) is 12.2 Å². The molecule has 0 radical (unpaired) electrons. The van der Waals surface area contributed by atoms with E-state index in [0.29, 0.717) is 39.0 Å². The summed E-state index contributed by atoms with van der Waals surface area (Å²) in [7, 11) is 0. The van der Waals surface area contributed by atoms with Crippen LogP contribution >= 0.6 is 11.6 Å². The number of benzene rings is 1. The molecule has 2 N–H and O–H groups in total. The molecule has 1 aromatic rings. The van der Waals surface area contributed by atoms with Crippen molar-refractivity contribution >= 4 is 17.5 Å². The first-order valence-electron chi connectivity index (χ1n) is 7.78. The van der Waals surface area contributed by atoms with Gasteiger partial charge in [0, 0.05) is 44.0 Å². The van der Waals surface area contributed by atoms with Gasteiger partial charge >= 0.3 is 0 Å². The SMILES string of the molecule is CC(CC(=O)NCC1(O)CCOCC1)Cc1ccc(Cl)cc1. The lowest BCUT2D eigenvalue weighted by Gasteiger charge is -2.32. The molecule has 22 heavy (non-hydrogen) atoms. The fraction of sp³-hybridized carbons (Fsp3) is 0.588. The van der Waals surface area contributed by atoms with E-state index in [1.54, 1.807) is 0 Å². The Morgan fingerprint density at radius 3 is 2.64 bits per heavy atom. The minimum absolute atomic E-state index is 0.0126. The lowest BCUT2D eigenvalue weighted by molar-refractivity contribution is -0.124. The van der Waals surface area contributed by atoms with Gasteiger partial charge < -0.3 is 15.2 Å². The Morgan fingerprint density at radius 1 is 1.36 bits per heavy atom. The van der Waals surface area contributed by atoms with Crippen LogP contribution in [0.4, 0.5) is 0 Å². The van der Waals surface area contributed by atoms with Gasteiger partial charge in [0.1, 0.15) is 0 Å². The number of carbonyl (C=O) groups is 1. The second kappa shape index (κ2) is 7.95. The Labute approximate surface area is 136 Å². The molecule has 4 nitrogen and oxygen atoms in total. The van der Waals surface area contributed by atoms with E-state index in [1.807, 2.05) is 24.3 Å². The number of amides is 1. The quantitative estimate of drug-likeness (QED) is 0.845. The van der Waals surface area contributed by atoms with E-state index >= 15 is 0 Å². The molecule has 1 unspecified atom stereocenters. The third kappa shape index (κ3) is 5.59. The highest BCUT2D eigenvalue weighted by atomic mass is 35.5. The van der Waals surface area contributed by atoms with Crippen LogP contribution in [-0.2, 0) is 16.0 Å². The number of hydrogen-bond acceptors (Lipinski definition) is 3. The number of rotatable bonds is 6. The van der Waals surface area contributed by atoms with Crippen molar-refractivity contribution in [1.82, 2.24) is 5.32 Å². The first-order valence-corrected chi connectivity index (χ1v) is 8.16. The van der Waals surface area contributed by atoms with Gasteiger partial charge in [-0.25, -0.2) is 0 Å². The Balaban J connectivity index is 1.72. The molecule has 0 bridgehead atoms. The van der Waals surface area contributed by atoms with Crippen molar-refractivity contribution in [3.63, 3.8) is 0 Å². The van der Waals surface area contributed by atoms with Gasteiger partial charge in [-0.2, -0.15) is 0 Å². The average Bonchev–Trinajstić information content (AvgIpc) is 2.48. The smallest absolute Gasteiger partial charge is 0.220 e. The summed E-state index contributed by atoms with van der Waals surface area (Å²) in [6.07, 6.45) is 2.44. The molecule has 1 fully saturated rings. The van der Waals surface area contributed by atoms with Crippen molar-refractivity contribution in [2.75, 3.05) is 19.8 Å². The number of ether oxygens (including phenoxy) is 1. The molecule has 1 aromatic carbocycles. The summed E-state index contributed by atoms with van der Waals surface area (Å²) in [5.41, 5.74) is 0.362. The molecule has 1 amide bonds. The number of nitrogens with one attached hydrogen (secondary N) is 1.